The smallest absolute Gasteiger partial charge is 0.129 e. The van der Waals surface area contributed by atoms with E-state index in [9.17, 15) is 4.39 Å². The summed E-state index contributed by atoms with van der Waals surface area (Å²) in [5.74, 6) is 0.352. The number of nitrogens with two attached hydrogens (primary N) is 1. The maximum Gasteiger partial charge on any atom is 0.129 e. The molecule has 0 aliphatic carbocycles. The third-order valence-electron chi connectivity index (χ3n) is 2.83. The summed E-state index contributed by atoms with van der Waals surface area (Å²) in [7, 11) is 0. The van der Waals surface area contributed by atoms with Gasteiger partial charge in [-0.1, -0.05) is 27.5 Å². The van der Waals surface area contributed by atoms with Gasteiger partial charge >= 0.3 is 0 Å². The summed E-state index contributed by atoms with van der Waals surface area (Å²) in [6.45, 7) is 0.696. The average molecular weight is 359 g/mol. The monoisotopic (exact) mass is 357 g/mol. The van der Waals surface area contributed by atoms with Gasteiger partial charge in [0.15, 0.2) is 0 Å². The number of ether oxygens (including phenoxy) is 1. The van der Waals surface area contributed by atoms with E-state index in [4.69, 9.17) is 22.1 Å². The van der Waals surface area contributed by atoms with Crippen LogP contribution in [0.5, 0.6) is 5.75 Å². The van der Waals surface area contributed by atoms with Crippen molar-refractivity contribution >= 4 is 27.5 Å². The van der Waals surface area contributed by atoms with E-state index in [2.05, 4.69) is 15.9 Å². The summed E-state index contributed by atoms with van der Waals surface area (Å²) in [4.78, 5) is 0. The van der Waals surface area contributed by atoms with Gasteiger partial charge in [-0.3, -0.25) is 0 Å². The quantitative estimate of drug-likeness (QED) is 0.864. The Hall–Kier alpha value is -1.10. The van der Waals surface area contributed by atoms with Crippen LogP contribution < -0.4 is 10.5 Å². The first-order valence-electron chi connectivity index (χ1n) is 6.15. The van der Waals surface area contributed by atoms with E-state index >= 15 is 0 Å². The van der Waals surface area contributed by atoms with Crippen LogP contribution >= 0.6 is 27.5 Å². The van der Waals surface area contributed by atoms with Crippen molar-refractivity contribution in [1.82, 2.24) is 0 Å². The lowest BCUT2D eigenvalue weighted by Crippen LogP contribution is -2.04. The molecule has 0 heterocycles. The van der Waals surface area contributed by atoms with Gasteiger partial charge < -0.3 is 10.5 Å². The van der Waals surface area contributed by atoms with Crippen molar-refractivity contribution in [2.75, 3.05) is 6.54 Å². The second kappa shape index (κ2) is 7.07. The molecule has 0 fully saturated rings. The van der Waals surface area contributed by atoms with Crippen molar-refractivity contribution in [1.29, 1.82) is 0 Å². The molecule has 2 rings (SSSR count). The van der Waals surface area contributed by atoms with E-state index in [1.165, 1.54) is 12.1 Å². The molecular formula is C15H14BrClFNO. The fraction of sp³-hybridized carbons (Fsp3) is 0.200. The highest BCUT2D eigenvalue weighted by atomic mass is 79.9. The minimum absolute atomic E-state index is 0.135. The highest BCUT2D eigenvalue weighted by molar-refractivity contribution is 9.10. The van der Waals surface area contributed by atoms with Crippen LogP contribution in [-0.2, 0) is 13.0 Å². The van der Waals surface area contributed by atoms with Crippen LogP contribution in [0.2, 0.25) is 5.02 Å². The standard InChI is InChI=1S/C15H14BrClFNO/c16-14-3-2-13(8-10(14)5-6-19)20-9-11-7-12(17)1-4-15(11)18/h1-4,7-8H,5-6,9,19H2. The first kappa shape index (κ1) is 15.3. The molecular weight excluding hydrogens is 345 g/mol. The Kier molecular flexibility index (Phi) is 5.40. The van der Waals surface area contributed by atoms with Crippen LogP contribution in [0.1, 0.15) is 11.1 Å². The van der Waals surface area contributed by atoms with Crippen molar-refractivity contribution in [3.63, 3.8) is 0 Å². The van der Waals surface area contributed by atoms with Crippen LogP contribution in [0.3, 0.4) is 0 Å². The van der Waals surface area contributed by atoms with Crippen LogP contribution in [0.15, 0.2) is 40.9 Å². The van der Waals surface area contributed by atoms with E-state index < -0.39 is 0 Å². The maximum absolute atomic E-state index is 13.6. The van der Waals surface area contributed by atoms with E-state index in [1.807, 2.05) is 18.2 Å². The van der Waals surface area contributed by atoms with E-state index in [0.717, 1.165) is 16.5 Å². The summed E-state index contributed by atoms with van der Waals surface area (Å²) in [6, 6.07) is 10.0. The molecule has 2 aromatic rings. The molecule has 0 amide bonds. The number of halogens is 3. The lowest BCUT2D eigenvalue weighted by Gasteiger charge is -2.10. The molecule has 20 heavy (non-hydrogen) atoms. The predicted molar refractivity (Wildman–Crippen MR) is 82.6 cm³/mol. The second-order valence-electron chi connectivity index (χ2n) is 4.32. The third-order valence-corrected chi connectivity index (χ3v) is 3.84. The Labute approximate surface area is 130 Å². The zero-order valence-corrected chi connectivity index (χ0v) is 13.0. The van der Waals surface area contributed by atoms with Gasteiger partial charge in [-0.05, 0) is 54.9 Å². The Bertz CT molecular complexity index is 606. The summed E-state index contributed by atoms with van der Waals surface area (Å²) in [6.07, 6.45) is 0.753. The van der Waals surface area contributed by atoms with E-state index in [0.29, 0.717) is 22.9 Å². The molecule has 0 atom stereocenters. The summed E-state index contributed by atoms with van der Waals surface area (Å²) < 4.78 is 20.2. The molecule has 0 saturated heterocycles. The van der Waals surface area contributed by atoms with Crippen LogP contribution in [0.25, 0.3) is 0 Å². The first-order valence-corrected chi connectivity index (χ1v) is 7.32. The normalized spacial score (nSPS) is 10.6. The molecule has 2 N–H and O–H groups in total. The molecule has 0 aliphatic heterocycles. The number of benzene rings is 2. The van der Waals surface area contributed by atoms with E-state index in [-0.39, 0.29) is 12.4 Å². The van der Waals surface area contributed by atoms with Gasteiger partial charge in [-0.15, -0.1) is 0 Å². The molecule has 2 aromatic carbocycles. The van der Waals surface area contributed by atoms with Gasteiger partial charge in [0.25, 0.3) is 0 Å². The maximum atomic E-state index is 13.6. The van der Waals surface area contributed by atoms with Gasteiger partial charge in [0.05, 0.1) is 0 Å². The Morgan fingerprint density at radius 3 is 2.70 bits per heavy atom. The molecule has 0 unspecified atom stereocenters. The van der Waals surface area contributed by atoms with Crippen molar-refractivity contribution in [2.24, 2.45) is 5.73 Å². The average Bonchev–Trinajstić information content (AvgIpc) is 2.43. The van der Waals surface area contributed by atoms with Gasteiger partial charge in [0, 0.05) is 15.1 Å². The van der Waals surface area contributed by atoms with Crippen molar-refractivity contribution in [3.8, 4) is 5.75 Å². The van der Waals surface area contributed by atoms with Crippen LogP contribution in [0, 0.1) is 5.82 Å². The lowest BCUT2D eigenvalue weighted by atomic mass is 10.1. The van der Waals surface area contributed by atoms with Gasteiger partial charge in [0.2, 0.25) is 0 Å². The van der Waals surface area contributed by atoms with Crippen molar-refractivity contribution in [2.45, 2.75) is 13.0 Å². The second-order valence-corrected chi connectivity index (χ2v) is 5.61. The largest absolute Gasteiger partial charge is 0.489 e. The fourth-order valence-electron chi connectivity index (χ4n) is 1.80. The predicted octanol–water partition coefficient (Wildman–Crippen LogP) is 4.32. The Morgan fingerprint density at radius 2 is 1.95 bits per heavy atom. The van der Waals surface area contributed by atoms with Crippen molar-refractivity contribution < 1.29 is 9.13 Å². The molecule has 0 aliphatic rings. The van der Waals surface area contributed by atoms with Gasteiger partial charge in [0.1, 0.15) is 18.2 Å². The zero-order valence-electron chi connectivity index (χ0n) is 10.7. The number of rotatable bonds is 5. The summed E-state index contributed by atoms with van der Waals surface area (Å²) in [5.41, 5.74) is 7.05. The fourth-order valence-corrected chi connectivity index (χ4v) is 2.44. The summed E-state index contributed by atoms with van der Waals surface area (Å²) >= 11 is 9.30. The number of hydrogen-bond acceptors (Lipinski definition) is 2. The number of hydrogen-bond donors (Lipinski definition) is 1. The molecule has 0 spiro atoms. The topological polar surface area (TPSA) is 35.2 Å². The zero-order chi connectivity index (χ0) is 14.5. The molecule has 0 bridgehead atoms. The minimum atomic E-state index is -0.325. The molecule has 2 nitrogen and oxygen atoms in total. The highest BCUT2D eigenvalue weighted by Crippen LogP contribution is 2.24. The molecule has 5 heteroatoms. The Balaban J connectivity index is 2.10. The van der Waals surface area contributed by atoms with Crippen molar-refractivity contribution in [3.05, 3.63) is 62.8 Å². The SMILES string of the molecule is NCCc1cc(OCc2cc(Cl)ccc2F)ccc1Br. The van der Waals surface area contributed by atoms with Crippen LogP contribution in [0.4, 0.5) is 4.39 Å². The molecule has 0 aromatic heterocycles. The lowest BCUT2D eigenvalue weighted by molar-refractivity contribution is 0.299. The Morgan fingerprint density at radius 1 is 1.15 bits per heavy atom. The summed E-state index contributed by atoms with van der Waals surface area (Å²) in [5, 5.41) is 0.490. The molecule has 0 saturated carbocycles. The van der Waals surface area contributed by atoms with Gasteiger partial charge in [-0.2, -0.15) is 0 Å². The van der Waals surface area contributed by atoms with E-state index in [1.54, 1.807) is 6.07 Å². The van der Waals surface area contributed by atoms with Crippen LogP contribution in [-0.4, -0.2) is 6.54 Å². The molecule has 106 valence electrons. The minimum Gasteiger partial charge on any atom is -0.489 e. The molecule has 0 radical (unpaired) electrons. The highest BCUT2D eigenvalue weighted by Gasteiger charge is 2.06. The third kappa shape index (κ3) is 3.95. The van der Waals surface area contributed by atoms with Gasteiger partial charge in [-0.25, -0.2) is 4.39 Å². The first-order chi connectivity index (χ1) is 9.60.